The zero-order chi connectivity index (χ0) is 35.0. The minimum absolute atomic E-state index is 0.00293. The van der Waals surface area contributed by atoms with E-state index in [-0.39, 0.29) is 58.4 Å². The number of furan rings is 1. The fraction of sp³-hybridized carbons (Fsp3) is 0. The minimum atomic E-state index is -0.297. The highest BCUT2D eigenvalue weighted by Crippen LogP contribution is 2.45. The summed E-state index contributed by atoms with van der Waals surface area (Å²) in [6, 6.07) is 42.9. The summed E-state index contributed by atoms with van der Waals surface area (Å²) in [5.74, 6) is 0. The minimum Gasteiger partial charge on any atom is -0.456 e. The summed E-state index contributed by atoms with van der Waals surface area (Å²) >= 11 is 0. The highest BCUT2D eigenvalue weighted by atomic mass is 16.3. The average molecular weight is 579 g/mol. The predicted octanol–water partition coefficient (Wildman–Crippen LogP) is 12.6. The summed E-state index contributed by atoms with van der Waals surface area (Å²) in [6.07, 6.45) is 0. The Morgan fingerprint density at radius 2 is 0.889 bits per heavy atom. The van der Waals surface area contributed by atoms with Crippen LogP contribution in [-0.2, 0) is 0 Å². The van der Waals surface area contributed by atoms with Gasteiger partial charge in [0.2, 0.25) is 0 Å². The third kappa shape index (κ3) is 4.17. The molecule has 0 saturated carbocycles. The normalized spacial score (nSPS) is 13.4. The van der Waals surface area contributed by atoms with E-state index < -0.39 is 0 Å². The first-order valence-electron chi connectivity index (χ1n) is 18.0. The molecule has 0 spiro atoms. The van der Waals surface area contributed by atoms with E-state index in [0.717, 1.165) is 43.8 Å². The topological polar surface area (TPSA) is 13.1 Å². The van der Waals surface area contributed by atoms with E-state index in [1.807, 2.05) is 84.9 Å². The van der Waals surface area contributed by atoms with Gasteiger partial charge in [0.25, 0.3) is 0 Å². The van der Waals surface area contributed by atoms with Crippen molar-refractivity contribution < 1.29 is 12.6 Å². The van der Waals surface area contributed by atoms with Crippen LogP contribution in [0.2, 0.25) is 0 Å². The molecule has 1 heterocycles. The number of fused-ring (bicyclic) bond motifs is 5. The molecule has 1 nitrogen and oxygen atoms in total. The third-order valence-electron chi connectivity index (χ3n) is 8.60. The Kier molecular flexibility index (Phi) is 4.63. The quantitative estimate of drug-likeness (QED) is 0.189. The summed E-state index contributed by atoms with van der Waals surface area (Å²) in [7, 11) is 0. The van der Waals surface area contributed by atoms with Gasteiger partial charge in [0.05, 0.1) is 8.22 Å². The summed E-state index contributed by atoms with van der Waals surface area (Å²) in [5, 5.41) is 4.18. The van der Waals surface area contributed by atoms with Gasteiger partial charge in [-0.15, -0.1) is 0 Å². The first kappa shape index (κ1) is 20.1. The van der Waals surface area contributed by atoms with E-state index in [1.165, 1.54) is 0 Å². The maximum Gasteiger partial charge on any atom is 0.136 e. The Bertz CT molecular complexity index is 2790. The SMILES string of the molecule is [2H]c1c(-c2c3ccccc3c(-c3ccc(-c4ccccc4)cc3)c3ccccc23)c([2H])c2c(oc3c([2H])c([2H])c([2H])c(-c4ccccc4)c32)c1[2H]. The Balaban J connectivity index is 1.39. The first-order valence-corrected chi connectivity index (χ1v) is 15.0. The highest BCUT2D eigenvalue weighted by molar-refractivity contribution is 6.22. The van der Waals surface area contributed by atoms with Gasteiger partial charge in [-0.25, -0.2) is 0 Å². The van der Waals surface area contributed by atoms with Crippen LogP contribution in [-0.4, -0.2) is 0 Å². The van der Waals surface area contributed by atoms with E-state index in [4.69, 9.17) is 8.53 Å². The van der Waals surface area contributed by atoms with Crippen molar-refractivity contribution in [3.63, 3.8) is 0 Å². The second-order valence-corrected chi connectivity index (χ2v) is 11.2. The Morgan fingerprint density at radius 3 is 1.51 bits per heavy atom. The Labute approximate surface area is 270 Å². The van der Waals surface area contributed by atoms with Crippen LogP contribution in [0.5, 0.6) is 0 Å². The van der Waals surface area contributed by atoms with Crippen molar-refractivity contribution in [1.29, 1.82) is 0 Å². The van der Waals surface area contributed by atoms with E-state index >= 15 is 0 Å². The van der Waals surface area contributed by atoms with Gasteiger partial charge in [0, 0.05) is 10.8 Å². The molecular formula is C44H28O. The molecule has 0 radical (unpaired) electrons. The van der Waals surface area contributed by atoms with Gasteiger partial charge in [-0.05, 0) is 84.2 Å². The van der Waals surface area contributed by atoms with Gasteiger partial charge in [0.15, 0.2) is 0 Å². The molecule has 8 aromatic carbocycles. The maximum atomic E-state index is 9.81. The number of benzene rings is 8. The van der Waals surface area contributed by atoms with Crippen molar-refractivity contribution >= 4 is 43.5 Å². The van der Waals surface area contributed by atoms with Crippen molar-refractivity contribution in [3.8, 4) is 44.5 Å². The third-order valence-corrected chi connectivity index (χ3v) is 8.60. The van der Waals surface area contributed by atoms with Crippen molar-refractivity contribution in [2.75, 3.05) is 0 Å². The van der Waals surface area contributed by atoms with Crippen molar-refractivity contribution in [2.45, 2.75) is 0 Å². The van der Waals surface area contributed by atoms with Crippen LogP contribution in [0.4, 0.5) is 0 Å². The molecule has 0 saturated heterocycles. The Morgan fingerprint density at radius 1 is 0.378 bits per heavy atom. The summed E-state index contributed by atoms with van der Waals surface area (Å²) < 4.78 is 60.8. The molecule has 0 bridgehead atoms. The van der Waals surface area contributed by atoms with Crippen LogP contribution < -0.4 is 0 Å². The molecule has 0 aliphatic carbocycles. The molecule has 9 rings (SSSR count). The van der Waals surface area contributed by atoms with Crippen molar-refractivity contribution in [2.24, 2.45) is 0 Å². The molecule has 0 atom stereocenters. The van der Waals surface area contributed by atoms with Crippen molar-refractivity contribution in [3.05, 3.63) is 170 Å². The van der Waals surface area contributed by atoms with Gasteiger partial charge in [-0.3, -0.25) is 0 Å². The first-order chi connectivity index (χ1) is 24.8. The second kappa shape index (κ2) is 10.4. The lowest BCUT2D eigenvalue weighted by Crippen LogP contribution is -1.91. The van der Waals surface area contributed by atoms with Crippen LogP contribution in [0.3, 0.4) is 0 Å². The fourth-order valence-electron chi connectivity index (χ4n) is 6.57. The molecule has 0 amide bonds. The summed E-state index contributed by atoms with van der Waals surface area (Å²) in [4.78, 5) is 0. The zero-order valence-corrected chi connectivity index (χ0v) is 24.1. The monoisotopic (exact) mass is 578 g/mol. The average Bonchev–Trinajstić information content (AvgIpc) is 3.58. The lowest BCUT2D eigenvalue weighted by atomic mass is 9.85. The predicted molar refractivity (Wildman–Crippen MR) is 190 cm³/mol. The molecule has 0 aliphatic heterocycles. The van der Waals surface area contributed by atoms with Crippen molar-refractivity contribution in [1.82, 2.24) is 0 Å². The van der Waals surface area contributed by atoms with Crippen LogP contribution in [0.15, 0.2) is 174 Å². The molecule has 0 fully saturated rings. The van der Waals surface area contributed by atoms with Gasteiger partial charge >= 0.3 is 0 Å². The molecule has 9 aromatic rings. The smallest absolute Gasteiger partial charge is 0.136 e. The standard InChI is InChI=1S/C44H28O/c1-3-12-29(13-4-1)30-22-24-32(25-23-30)42-35-16-7-9-18-37(35)43(38-19-10-8-17-36(38)42)33-26-27-40-39(28-33)44-34(20-11-21-41(44)45-40)31-14-5-2-6-15-31/h1-28H/i11D,20D,21D,26D,27D,28D. The lowest BCUT2D eigenvalue weighted by molar-refractivity contribution is 0.669. The number of hydrogen-bond donors (Lipinski definition) is 0. The Hall–Kier alpha value is -5.92. The van der Waals surface area contributed by atoms with Crippen LogP contribution in [0.25, 0.3) is 88.0 Å². The molecule has 0 N–H and O–H groups in total. The molecule has 45 heavy (non-hydrogen) atoms. The zero-order valence-electron chi connectivity index (χ0n) is 30.1. The van der Waals surface area contributed by atoms with Crippen LogP contribution in [0.1, 0.15) is 8.22 Å². The molecule has 0 aliphatic rings. The van der Waals surface area contributed by atoms with Crippen LogP contribution >= 0.6 is 0 Å². The fourth-order valence-corrected chi connectivity index (χ4v) is 6.57. The van der Waals surface area contributed by atoms with Gasteiger partial charge in [-0.1, -0.05) is 152 Å². The molecule has 0 unspecified atom stereocenters. The molecule has 210 valence electrons. The summed E-state index contributed by atoms with van der Waals surface area (Å²) in [5.41, 5.74) is 6.32. The molecule has 1 aromatic heterocycles. The van der Waals surface area contributed by atoms with E-state index in [9.17, 15) is 4.11 Å². The van der Waals surface area contributed by atoms with E-state index in [0.29, 0.717) is 22.1 Å². The van der Waals surface area contributed by atoms with Gasteiger partial charge < -0.3 is 4.42 Å². The van der Waals surface area contributed by atoms with E-state index in [2.05, 4.69) is 48.5 Å². The van der Waals surface area contributed by atoms with Gasteiger partial charge in [-0.2, -0.15) is 0 Å². The number of rotatable bonds is 4. The van der Waals surface area contributed by atoms with E-state index in [1.54, 1.807) is 0 Å². The summed E-state index contributed by atoms with van der Waals surface area (Å²) in [6.45, 7) is 0. The molecular weight excluding hydrogens is 544 g/mol. The number of hydrogen-bond acceptors (Lipinski definition) is 1. The van der Waals surface area contributed by atoms with Gasteiger partial charge in [0.1, 0.15) is 11.2 Å². The lowest BCUT2D eigenvalue weighted by Gasteiger charge is -2.18. The highest BCUT2D eigenvalue weighted by Gasteiger charge is 2.19. The molecule has 1 heteroatoms. The largest absolute Gasteiger partial charge is 0.456 e. The second-order valence-electron chi connectivity index (χ2n) is 11.2. The van der Waals surface area contributed by atoms with Crippen LogP contribution in [0, 0.1) is 0 Å². The maximum absolute atomic E-state index is 9.81.